The van der Waals surface area contributed by atoms with Crippen molar-refractivity contribution in [3.05, 3.63) is 56.8 Å². The first-order chi connectivity index (χ1) is 19.1. The van der Waals surface area contributed by atoms with Gasteiger partial charge in [-0.2, -0.15) is 0 Å². The second-order valence-corrected chi connectivity index (χ2v) is 11.4. The van der Waals surface area contributed by atoms with Crippen LogP contribution in [0.5, 0.6) is 0 Å². The molecule has 2 atom stereocenters. The Balaban J connectivity index is 0.000000479. The van der Waals surface area contributed by atoms with Crippen molar-refractivity contribution in [2.75, 3.05) is 45.8 Å². The number of rotatable bonds is 19. The number of hydrogen-bond acceptors (Lipinski definition) is 8. The number of hydrogen-bond donors (Lipinski definition) is 3. The molecule has 1 fully saturated rings. The molecule has 3 N–H and O–H groups in total. The molecule has 0 bridgehead atoms. The van der Waals surface area contributed by atoms with Gasteiger partial charge in [0.1, 0.15) is 0 Å². The van der Waals surface area contributed by atoms with Crippen LogP contribution in [0, 0.1) is 10.8 Å². The van der Waals surface area contributed by atoms with E-state index in [-0.39, 0.29) is 29.6 Å². The second kappa shape index (κ2) is 20.4. The van der Waals surface area contributed by atoms with Crippen LogP contribution in [-0.4, -0.2) is 76.5 Å². The topological polar surface area (TPSA) is 177 Å². The Morgan fingerprint density at radius 3 is 2.23 bits per heavy atom. The van der Waals surface area contributed by atoms with Gasteiger partial charge in [0.05, 0.1) is 13.2 Å². The Labute approximate surface area is 239 Å². The zero-order valence-corrected chi connectivity index (χ0v) is 24.5. The third-order valence-corrected chi connectivity index (χ3v) is 6.76. The monoisotopic (exact) mass is 558 g/mol. The van der Waals surface area contributed by atoms with Gasteiger partial charge in [0.25, 0.3) is 0 Å². The zero-order valence-electron chi connectivity index (χ0n) is 24.5. The summed E-state index contributed by atoms with van der Waals surface area (Å²) >= 11 is 0. The minimum absolute atomic E-state index is 0.00146. The van der Waals surface area contributed by atoms with Crippen molar-refractivity contribution >= 4 is 7.15 Å². The zero-order chi connectivity index (χ0) is 29.7. The van der Waals surface area contributed by atoms with E-state index in [0.717, 1.165) is 44.9 Å². The molecule has 0 radical (unpaired) electrons. The van der Waals surface area contributed by atoms with E-state index in [0.29, 0.717) is 39.3 Å². The Kier molecular flexibility index (Phi) is 18.1. The fraction of sp³-hybridized carbons (Fsp3) is 0.778. The maximum atomic E-state index is 10.7. The van der Waals surface area contributed by atoms with Gasteiger partial charge >= 0.3 is 145 Å². The van der Waals surface area contributed by atoms with Crippen LogP contribution in [0.2, 0.25) is 0 Å². The third kappa shape index (κ3) is 15.9. The van der Waals surface area contributed by atoms with Gasteiger partial charge in [0.15, 0.2) is 6.29 Å². The van der Waals surface area contributed by atoms with E-state index in [4.69, 9.17) is 20.5 Å². The molecule has 0 spiro atoms. The van der Waals surface area contributed by atoms with Crippen LogP contribution in [0.25, 0.3) is 20.9 Å². The van der Waals surface area contributed by atoms with Crippen molar-refractivity contribution < 1.29 is 19.3 Å². The number of nitrogens with zero attached hydrogens (tertiary/aromatic N) is 6. The minimum atomic E-state index is -0.603. The van der Waals surface area contributed by atoms with E-state index in [2.05, 4.69) is 58.4 Å². The van der Waals surface area contributed by atoms with Gasteiger partial charge in [-0.1, -0.05) is 19.0 Å². The molecule has 12 nitrogen and oxygen atoms in total. The molecule has 2 rings (SSSR count). The normalized spacial score (nSPS) is 15.1. The molecule has 1 heterocycles. The molecule has 1 aromatic carbocycles. The van der Waals surface area contributed by atoms with E-state index in [1.807, 2.05) is 30.3 Å². The van der Waals surface area contributed by atoms with Gasteiger partial charge in [-0.15, -0.1) is 0 Å². The molecule has 0 aromatic heterocycles. The van der Waals surface area contributed by atoms with Gasteiger partial charge in [-0.05, 0) is 23.9 Å². The molecule has 0 saturated carbocycles. The number of benzene rings is 1. The van der Waals surface area contributed by atoms with Gasteiger partial charge in [0, 0.05) is 21.8 Å². The molecular formula is C27H47BN8O4. The molecule has 0 aliphatic carbocycles. The van der Waals surface area contributed by atoms with Gasteiger partial charge in [-0.3, -0.25) is 0 Å². The van der Waals surface area contributed by atoms with E-state index >= 15 is 0 Å². The molecule has 1 aromatic rings. The first-order valence-electron chi connectivity index (χ1n) is 14.0. The SMILES string of the molecule is CC(C)(CCCN=[N+]=[N-])C1OCCO1.CC(C)(CCCN=[N+]=[N-])CNCC(O)[C@H](Cc1ccccc1)NCB=O. The molecule has 0 amide bonds. The summed E-state index contributed by atoms with van der Waals surface area (Å²) in [7, 11) is 0.810. The molecule has 1 aliphatic rings. The summed E-state index contributed by atoms with van der Waals surface area (Å²) in [6.45, 7) is 12.1. The average Bonchev–Trinajstić information content (AvgIpc) is 3.49. The van der Waals surface area contributed by atoms with Crippen molar-refractivity contribution in [1.29, 1.82) is 0 Å². The van der Waals surface area contributed by atoms with Crippen molar-refractivity contribution in [3.8, 4) is 0 Å². The molecule has 1 aliphatic heterocycles. The molecule has 40 heavy (non-hydrogen) atoms. The Hall–Kier alpha value is -2.50. The quantitative estimate of drug-likeness (QED) is 0.0726. The second-order valence-electron chi connectivity index (χ2n) is 11.4. The summed E-state index contributed by atoms with van der Waals surface area (Å²) in [4.78, 5) is 5.48. The summed E-state index contributed by atoms with van der Waals surface area (Å²) < 4.78 is 21.6. The van der Waals surface area contributed by atoms with Crippen LogP contribution in [0.15, 0.2) is 40.6 Å². The Bertz CT molecular complexity index is 918. The van der Waals surface area contributed by atoms with Crippen LogP contribution < -0.4 is 10.6 Å². The third-order valence-electron chi connectivity index (χ3n) is 6.76. The Morgan fingerprint density at radius 1 is 1.05 bits per heavy atom. The van der Waals surface area contributed by atoms with Crippen LogP contribution in [0.1, 0.15) is 58.9 Å². The molecule has 13 heteroatoms. The van der Waals surface area contributed by atoms with Crippen molar-refractivity contribution in [3.63, 3.8) is 0 Å². The number of aliphatic hydroxyl groups is 1. The predicted octanol–water partition coefficient (Wildman–Crippen LogP) is 4.74. The number of aliphatic hydroxyl groups excluding tert-OH is 1. The predicted molar refractivity (Wildman–Crippen MR) is 157 cm³/mol. The molecule has 222 valence electrons. The molecule has 1 saturated heterocycles. The standard InChI is InChI=1S/C18H30BN5O2.C9H17N3O2/c1-18(2,9-6-10-23-24-20)13-21-12-17(25)16(22-14-19-26)11-15-7-4-3-5-8-15;1-9(2,4-3-5-11-12-10)8-13-6-7-14-8/h3-5,7-8,16-17,21-22,25H,6,9-14H2,1-2H3;8H,3-7H2,1-2H3/t16-,17?;/m0./s1. The number of ether oxygens (including phenoxy) is 2. The van der Waals surface area contributed by atoms with Crippen LogP contribution >= 0.6 is 0 Å². The van der Waals surface area contributed by atoms with Gasteiger partial charge < -0.3 is 9.47 Å². The first kappa shape index (κ1) is 35.5. The van der Waals surface area contributed by atoms with Crippen molar-refractivity contribution in [1.82, 2.24) is 10.6 Å². The summed E-state index contributed by atoms with van der Waals surface area (Å²) in [5, 5.41) is 24.0. The van der Waals surface area contributed by atoms with Crippen molar-refractivity contribution in [2.45, 2.75) is 78.2 Å². The fourth-order valence-corrected chi connectivity index (χ4v) is 4.45. The summed E-state index contributed by atoms with van der Waals surface area (Å²) in [5.41, 5.74) is 17.6. The first-order valence-corrected chi connectivity index (χ1v) is 14.0. The van der Waals surface area contributed by atoms with E-state index in [1.165, 1.54) is 0 Å². The van der Waals surface area contributed by atoms with Crippen LogP contribution in [0.4, 0.5) is 0 Å². The molecule has 1 unspecified atom stereocenters. The van der Waals surface area contributed by atoms with Crippen LogP contribution in [0.3, 0.4) is 0 Å². The number of nitrogens with one attached hydrogen (secondary N) is 2. The van der Waals surface area contributed by atoms with E-state index < -0.39 is 6.10 Å². The maximum absolute atomic E-state index is 10.7. The van der Waals surface area contributed by atoms with Crippen LogP contribution in [-0.2, 0) is 20.6 Å². The summed E-state index contributed by atoms with van der Waals surface area (Å²) in [6.07, 6.45) is 3.77. The Morgan fingerprint density at radius 2 is 1.65 bits per heavy atom. The van der Waals surface area contributed by atoms with E-state index in [9.17, 15) is 9.81 Å². The van der Waals surface area contributed by atoms with Gasteiger partial charge in [-0.25, -0.2) is 0 Å². The van der Waals surface area contributed by atoms with Crippen molar-refractivity contribution in [2.24, 2.45) is 21.1 Å². The average molecular weight is 559 g/mol. The summed E-state index contributed by atoms with van der Waals surface area (Å²) in [6, 6.07) is 9.73. The number of azide groups is 2. The van der Waals surface area contributed by atoms with E-state index in [1.54, 1.807) is 0 Å². The fourth-order valence-electron chi connectivity index (χ4n) is 4.45. The van der Waals surface area contributed by atoms with Gasteiger partial charge in [0.2, 0.25) is 0 Å². The summed E-state index contributed by atoms with van der Waals surface area (Å²) in [5.74, 6) is 0. The molecular weight excluding hydrogens is 511 g/mol.